The van der Waals surface area contributed by atoms with Crippen LogP contribution in [0.2, 0.25) is 0 Å². The van der Waals surface area contributed by atoms with Crippen LogP contribution >= 0.6 is 24.0 Å². The highest BCUT2D eigenvalue weighted by Crippen LogP contribution is 2.17. The van der Waals surface area contributed by atoms with Crippen LogP contribution in [0.5, 0.6) is 0 Å². The van der Waals surface area contributed by atoms with E-state index in [2.05, 4.69) is 35.9 Å². The minimum atomic E-state index is 0. The van der Waals surface area contributed by atoms with Crippen molar-refractivity contribution in [3.63, 3.8) is 0 Å². The van der Waals surface area contributed by atoms with Gasteiger partial charge in [-0.25, -0.2) is 0 Å². The molecular formula is C20H37IN4O. The van der Waals surface area contributed by atoms with Crippen LogP contribution in [0.1, 0.15) is 45.8 Å². The molecule has 1 atom stereocenters. The third kappa shape index (κ3) is 7.86. The van der Waals surface area contributed by atoms with Gasteiger partial charge in [-0.05, 0) is 44.0 Å². The summed E-state index contributed by atoms with van der Waals surface area (Å²) in [5.74, 6) is 2.87. The molecule has 6 heteroatoms. The van der Waals surface area contributed by atoms with Crippen molar-refractivity contribution >= 4 is 29.9 Å². The zero-order chi connectivity index (χ0) is 17.9. The maximum Gasteiger partial charge on any atom is 0.193 e. The van der Waals surface area contributed by atoms with Crippen LogP contribution in [0.15, 0.2) is 27.8 Å². The normalized spacial score (nSPS) is 17.6. The SMILES string of the molecule is CCCCN=C(NCCc1ccco1)N1CCC(CN(CC)CC)C1.I. The molecule has 1 aliphatic heterocycles. The van der Waals surface area contributed by atoms with Gasteiger partial charge in [-0.1, -0.05) is 27.2 Å². The van der Waals surface area contributed by atoms with Crippen LogP contribution in [0.4, 0.5) is 0 Å². The molecule has 1 saturated heterocycles. The van der Waals surface area contributed by atoms with E-state index in [4.69, 9.17) is 9.41 Å². The first-order valence-electron chi connectivity index (χ1n) is 10.0. The quantitative estimate of drug-likeness (QED) is 0.241. The number of likely N-dealkylation sites (tertiary alicyclic amines) is 1. The fourth-order valence-electron chi connectivity index (χ4n) is 3.38. The van der Waals surface area contributed by atoms with Crippen molar-refractivity contribution < 1.29 is 4.42 Å². The average molecular weight is 476 g/mol. The largest absolute Gasteiger partial charge is 0.469 e. The predicted octanol–water partition coefficient (Wildman–Crippen LogP) is 3.85. The molecule has 2 heterocycles. The highest BCUT2D eigenvalue weighted by Gasteiger charge is 2.26. The second-order valence-corrected chi connectivity index (χ2v) is 6.90. The first-order chi connectivity index (χ1) is 12.3. The Kier molecular flexibility index (Phi) is 12.0. The number of nitrogens with one attached hydrogen (secondary N) is 1. The van der Waals surface area contributed by atoms with E-state index in [1.165, 1.54) is 19.4 Å². The summed E-state index contributed by atoms with van der Waals surface area (Å²) < 4.78 is 5.43. The number of unbranched alkanes of at least 4 members (excludes halogenated alkanes) is 1. The maximum absolute atomic E-state index is 5.43. The van der Waals surface area contributed by atoms with Crippen molar-refractivity contribution in [2.45, 2.75) is 46.5 Å². The summed E-state index contributed by atoms with van der Waals surface area (Å²) >= 11 is 0. The number of aliphatic imine (C=N–C) groups is 1. The molecule has 2 rings (SSSR count). The number of rotatable bonds is 10. The van der Waals surface area contributed by atoms with E-state index in [1.54, 1.807) is 6.26 Å². The summed E-state index contributed by atoms with van der Waals surface area (Å²) in [6.45, 7) is 14.2. The van der Waals surface area contributed by atoms with Crippen molar-refractivity contribution in [2.24, 2.45) is 10.9 Å². The lowest BCUT2D eigenvalue weighted by Crippen LogP contribution is -2.41. The third-order valence-electron chi connectivity index (χ3n) is 5.00. The number of halogens is 1. The van der Waals surface area contributed by atoms with Gasteiger partial charge in [0.1, 0.15) is 5.76 Å². The van der Waals surface area contributed by atoms with E-state index in [0.29, 0.717) is 0 Å². The van der Waals surface area contributed by atoms with Gasteiger partial charge in [0.2, 0.25) is 0 Å². The van der Waals surface area contributed by atoms with Crippen molar-refractivity contribution in [2.75, 3.05) is 45.8 Å². The van der Waals surface area contributed by atoms with Gasteiger partial charge in [-0.2, -0.15) is 0 Å². The fourth-order valence-corrected chi connectivity index (χ4v) is 3.38. The summed E-state index contributed by atoms with van der Waals surface area (Å²) in [7, 11) is 0. The van der Waals surface area contributed by atoms with Crippen molar-refractivity contribution in [1.82, 2.24) is 15.1 Å². The Morgan fingerprint density at radius 2 is 2.15 bits per heavy atom. The minimum Gasteiger partial charge on any atom is -0.469 e. The molecule has 0 radical (unpaired) electrons. The van der Waals surface area contributed by atoms with E-state index in [9.17, 15) is 0 Å². The second-order valence-electron chi connectivity index (χ2n) is 6.90. The Balaban J connectivity index is 0.00000338. The monoisotopic (exact) mass is 476 g/mol. The van der Waals surface area contributed by atoms with Gasteiger partial charge in [-0.3, -0.25) is 4.99 Å². The molecule has 0 bridgehead atoms. The topological polar surface area (TPSA) is 44.0 Å². The van der Waals surface area contributed by atoms with E-state index in [-0.39, 0.29) is 24.0 Å². The smallest absolute Gasteiger partial charge is 0.193 e. The third-order valence-corrected chi connectivity index (χ3v) is 5.00. The molecule has 0 saturated carbocycles. The number of hydrogen-bond donors (Lipinski definition) is 1. The van der Waals surface area contributed by atoms with E-state index in [1.807, 2.05) is 12.1 Å². The van der Waals surface area contributed by atoms with Crippen LogP contribution in [0.3, 0.4) is 0 Å². The molecule has 0 aromatic carbocycles. The second kappa shape index (κ2) is 13.4. The highest BCUT2D eigenvalue weighted by atomic mass is 127. The fraction of sp³-hybridized carbons (Fsp3) is 0.750. The summed E-state index contributed by atoms with van der Waals surface area (Å²) in [5.41, 5.74) is 0. The van der Waals surface area contributed by atoms with Gasteiger partial charge < -0.3 is 19.5 Å². The molecule has 5 nitrogen and oxygen atoms in total. The highest BCUT2D eigenvalue weighted by molar-refractivity contribution is 14.0. The zero-order valence-electron chi connectivity index (χ0n) is 16.7. The molecule has 0 aliphatic carbocycles. The van der Waals surface area contributed by atoms with E-state index >= 15 is 0 Å². The van der Waals surface area contributed by atoms with Gasteiger partial charge in [-0.15, -0.1) is 24.0 Å². The van der Waals surface area contributed by atoms with Crippen molar-refractivity contribution in [3.8, 4) is 0 Å². The molecule has 0 amide bonds. The summed E-state index contributed by atoms with van der Waals surface area (Å²) in [5, 5.41) is 3.56. The Hall–Kier alpha value is -0.760. The van der Waals surface area contributed by atoms with Crippen LogP contribution < -0.4 is 5.32 Å². The molecule has 1 aromatic rings. The summed E-state index contributed by atoms with van der Waals surface area (Å²) in [4.78, 5) is 9.84. The molecule has 1 fully saturated rings. The zero-order valence-corrected chi connectivity index (χ0v) is 19.1. The van der Waals surface area contributed by atoms with Gasteiger partial charge in [0, 0.05) is 39.1 Å². The van der Waals surface area contributed by atoms with Crippen LogP contribution in [-0.4, -0.2) is 61.6 Å². The molecular weight excluding hydrogens is 439 g/mol. The van der Waals surface area contributed by atoms with E-state index < -0.39 is 0 Å². The van der Waals surface area contributed by atoms with Crippen LogP contribution in [-0.2, 0) is 6.42 Å². The number of guanidine groups is 1. The number of nitrogens with zero attached hydrogens (tertiary/aromatic N) is 3. The molecule has 1 aliphatic rings. The Bertz CT molecular complexity index is 488. The van der Waals surface area contributed by atoms with E-state index in [0.717, 1.165) is 69.7 Å². The van der Waals surface area contributed by atoms with Crippen LogP contribution in [0.25, 0.3) is 0 Å². The van der Waals surface area contributed by atoms with Gasteiger partial charge in [0.25, 0.3) is 0 Å². The molecule has 26 heavy (non-hydrogen) atoms. The van der Waals surface area contributed by atoms with Crippen LogP contribution in [0, 0.1) is 5.92 Å². The standard InChI is InChI=1S/C20H36N4O.HI/c1-4-7-12-21-20(22-13-10-19-9-8-15-25-19)24-14-11-18(17-24)16-23(5-2)6-3;/h8-9,15,18H,4-7,10-14,16-17H2,1-3H3,(H,21,22);1H. The minimum absolute atomic E-state index is 0. The lowest BCUT2D eigenvalue weighted by molar-refractivity contribution is 0.255. The number of furan rings is 1. The molecule has 1 unspecified atom stereocenters. The summed E-state index contributed by atoms with van der Waals surface area (Å²) in [6.07, 6.45) is 6.25. The lowest BCUT2D eigenvalue weighted by atomic mass is 10.1. The van der Waals surface area contributed by atoms with Crippen molar-refractivity contribution in [3.05, 3.63) is 24.2 Å². The first kappa shape index (κ1) is 23.3. The van der Waals surface area contributed by atoms with Crippen molar-refractivity contribution in [1.29, 1.82) is 0 Å². The molecule has 1 aromatic heterocycles. The van der Waals surface area contributed by atoms with Gasteiger partial charge >= 0.3 is 0 Å². The molecule has 150 valence electrons. The predicted molar refractivity (Wildman–Crippen MR) is 121 cm³/mol. The lowest BCUT2D eigenvalue weighted by Gasteiger charge is -2.24. The number of hydrogen-bond acceptors (Lipinski definition) is 3. The summed E-state index contributed by atoms with van der Waals surface area (Å²) in [6, 6.07) is 3.98. The van der Waals surface area contributed by atoms with Gasteiger partial charge in [0.15, 0.2) is 5.96 Å². The van der Waals surface area contributed by atoms with Gasteiger partial charge in [0.05, 0.1) is 6.26 Å². The average Bonchev–Trinajstić information content (AvgIpc) is 3.30. The Morgan fingerprint density at radius 3 is 2.81 bits per heavy atom. The maximum atomic E-state index is 5.43. The first-order valence-corrected chi connectivity index (χ1v) is 10.0. The Morgan fingerprint density at radius 1 is 1.35 bits per heavy atom. The molecule has 0 spiro atoms. The Labute approximate surface area is 176 Å². The molecule has 1 N–H and O–H groups in total.